The van der Waals surface area contributed by atoms with Crippen molar-refractivity contribution in [3.05, 3.63) is 23.3 Å². The molecule has 3 aromatic rings. The smallest absolute Gasteiger partial charge is 0.219 e. The Labute approximate surface area is 196 Å². The summed E-state index contributed by atoms with van der Waals surface area (Å²) in [7, 11) is 1.89. The number of carbonyl (C=O) groups excluding carboxylic acids is 1. The largest absolute Gasteiger partial charge is 0.378 e. The Bertz CT molecular complexity index is 1150. The van der Waals surface area contributed by atoms with Crippen LogP contribution < -0.4 is 10.6 Å². The summed E-state index contributed by atoms with van der Waals surface area (Å²) in [6, 6.07) is 2.44. The molecule has 0 aromatic carbocycles. The fourth-order valence-electron chi connectivity index (χ4n) is 4.36. The van der Waals surface area contributed by atoms with Gasteiger partial charge in [0.1, 0.15) is 0 Å². The number of hydrogen-bond acceptors (Lipinski definition) is 10. The van der Waals surface area contributed by atoms with Crippen molar-refractivity contribution in [2.45, 2.75) is 25.9 Å². The van der Waals surface area contributed by atoms with Crippen molar-refractivity contribution in [3.63, 3.8) is 0 Å². The molecule has 33 heavy (non-hydrogen) atoms. The lowest BCUT2D eigenvalue weighted by atomic mass is 10.2. The lowest BCUT2D eigenvalue weighted by Gasteiger charge is -2.28. The van der Waals surface area contributed by atoms with Crippen LogP contribution in [-0.4, -0.2) is 88.1 Å². The first-order valence-electron chi connectivity index (χ1n) is 11.1. The molecule has 10 nitrogen and oxygen atoms in total. The first kappa shape index (κ1) is 21.9. The van der Waals surface area contributed by atoms with Crippen molar-refractivity contribution in [2.24, 2.45) is 0 Å². The number of hydrogen-bond donors (Lipinski definition) is 1. The molecule has 0 aliphatic carbocycles. The zero-order chi connectivity index (χ0) is 22.9. The summed E-state index contributed by atoms with van der Waals surface area (Å²) < 4.78 is 6.64. The second-order valence-corrected chi connectivity index (χ2v) is 9.67. The van der Waals surface area contributed by atoms with Crippen LogP contribution in [0.5, 0.6) is 0 Å². The van der Waals surface area contributed by atoms with Gasteiger partial charge in [-0.2, -0.15) is 0 Å². The molecule has 2 fully saturated rings. The molecule has 2 N–H and O–H groups in total. The standard InChI is InChI=1S/C22H28N8O2S/c1-14(31)28(2)16-3-4-29(12-16)13-17-9-18-19(33-17)21(30-5-7-32-8-6-30)27-20(26-18)15-10-24-22(23)25-11-15/h9-11,16H,3-8,12-13H2,1-2H3,(H2,23,24,25)/t16-/m1/s1. The summed E-state index contributed by atoms with van der Waals surface area (Å²) in [6.07, 6.45) is 4.33. The average Bonchev–Trinajstić information content (AvgIpc) is 3.45. The SMILES string of the molecule is CC(=O)N(C)[C@@H]1CCN(Cc2cc3nc(-c4cnc(N)nc4)nc(N4CCOCC4)c3s2)C1. The molecule has 5 heterocycles. The molecular formula is C22H28N8O2S. The summed E-state index contributed by atoms with van der Waals surface area (Å²) in [5.41, 5.74) is 7.32. The molecule has 0 spiro atoms. The van der Waals surface area contributed by atoms with Gasteiger partial charge in [0.2, 0.25) is 11.9 Å². The summed E-state index contributed by atoms with van der Waals surface area (Å²) in [4.78, 5) is 37.5. The highest BCUT2D eigenvalue weighted by Crippen LogP contribution is 2.35. The minimum absolute atomic E-state index is 0.119. The van der Waals surface area contributed by atoms with Gasteiger partial charge in [-0.15, -0.1) is 11.3 Å². The van der Waals surface area contributed by atoms with Gasteiger partial charge in [-0.3, -0.25) is 9.69 Å². The first-order chi connectivity index (χ1) is 16.0. The lowest BCUT2D eigenvalue weighted by molar-refractivity contribution is -0.129. The molecule has 1 amide bonds. The maximum atomic E-state index is 11.7. The number of likely N-dealkylation sites (tertiary alicyclic amines) is 1. The summed E-state index contributed by atoms with van der Waals surface area (Å²) in [6.45, 7) is 7.29. The molecule has 2 saturated heterocycles. The van der Waals surface area contributed by atoms with E-state index < -0.39 is 0 Å². The molecule has 0 unspecified atom stereocenters. The van der Waals surface area contributed by atoms with Gasteiger partial charge in [-0.1, -0.05) is 0 Å². The van der Waals surface area contributed by atoms with Crippen LogP contribution in [0.1, 0.15) is 18.2 Å². The molecule has 0 bridgehead atoms. The van der Waals surface area contributed by atoms with E-state index in [1.54, 1.807) is 30.7 Å². The van der Waals surface area contributed by atoms with E-state index >= 15 is 0 Å². The Balaban J connectivity index is 1.45. The highest BCUT2D eigenvalue weighted by molar-refractivity contribution is 7.19. The number of morpholine rings is 1. The molecule has 2 aliphatic heterocycles. The number of nitrogens with two attached hydrogens (primary N) is 1. The molecule has 11 heteroatoms. The van der Waals surface area contributed by atoms with E-state index in [9.17, 15) is 4.79 Å². The minimum atomic E-state index is 0.119. The quantitative estimate of drug-likeness (QED) is 0.597. The molecule has 0 radical (unpaired) electrons. The Morgan fingerprint density at radius 1 is 1.24 bits per heavy atom. The molecular weight excluding hydrogens is 440 g/mol. The van der Waals surface area contributed by atoms with Crippen molar-refractivity contribution in [1.82, 2.24) is 29.7 Å². The van der Waals surface area contributed by atoms with Crippen LogP contribution in [0.2, 0.25) is 0 Å². The van der Waals surface area contributed by atoms with Crippen LogP contribution in [0.15, 0.2) is 18.5 Å². The number of fused-ring (bicyclic) bond motifs is 1. The van der Waals surface area contributed by atoms with Crippen molar-refractivity contribution in [3.8, 4) is 11.4 Å². The predicted octanol–water partition coefficient (Wildman–Crippen LogP) is 1.62. The first-order valence-corrected chi connectivity index (χ1v) is 12.0. The van der Waals surface area contributed by atoms with Gasteiger partial charge in [0.05, 0.1) is 29.0 Å². The maximum absolute atomic E-state index is 11.7. The lowest BCUT2D eigenvalue weighted by Crippen LogP contribution is -2.37. The summed E-state index contributed by atoms with van der Waals surface area (Å²) in [5.74, 6) is 1.87. The Hall–Kier alpha value is -2.89. The number of aromatic nitrogens is 4. The van der Waals surface area contributed by atoms with Crippen molar-refractivity contribution >= 4 is 39.2 Å². The van der Waals surface area contributed by atoms with E-state index in [-0.39, 0.29) is 17.9 Å². The van der Waals surface area contributed by atoms with Gasteiger partial charge in [0.25, 0.3) is 0 Å². The van der Waals surface area contributed by atoms with Gasteiger partial charge in [-0.05, 0) is 12.5 Å². The Morgan fingerprint density at radius 2 is 2.00 bits per heavy atom. The topological polar surface area (TPSA) is 114 Å². The third-order valence-electron chi connectivity index (χ3n) is 6.32. The number of ether oxygens (including phenoxy) is 1. The van der Waals surface area contributed by atoms with Gasteiger partial charge in [0.15, 0.2) is 11.6 Å². The van der Waals surface area contributed by atoms with Crippen molar-refractivity contribution in [2.75, 3.05) is 57.1 Å². The second-order valence-electron chi connectivity index (χ2n) is 8.53. The normalized spacial score (nSPS) is 19.3. The maximum Gasteiger partial charge on any atom is 0.219 e. The Kier molecular flexibility index (Phi) is 6.09. The van der Waals surface area contributed by atoms with E-state index in [2.05, 4.69) is 25.8 Å². The van der Waals surface area contributed by atoms with E-state index in [1.165, 1.54) is 4.88 Å². The van der Waals surface area contributed by atoms with Crippen LogP contribution in [0.4, 0.5) is 11.8 Å². The number of carbonyl (C=O) groups is 1. The summed E-state index contributed by atoms with van der Waals surface area (Å²) >= 11 is 1.75. The number of rotatable bonds is 5. The molecule has 2 aliphatic rings. The fourth-order valence-corrected chi connectivity index (χ4v) is 5.52. The molecule has 0 saturated carbocycles. The predicted molar refractivity (Wildman–Crippen MR) is 128 cm³/mol. The third kappa shape index (κ3) is 4.61. The number of anilines is 2. The van der Waals surface area contributed by atoms with Gasteiger partial charge in [0, 0.05) is 70.0 Å². The fraction of sp³-hybridized carbons (Fsp3) is 0.500. The van der Waals surface area contributed by atoms with Crippen molar-refractivity contribution < 1.29 is 9.53 Å². The van der Waals surface area contributed by atoms with Gasteiger partial charge in [-0.25, -0.2) is 19.9 Å². The minimum Gasteiger partial charge on any atom is -0.378 e. The van der Waals surface area contributed by atoms with E-state index in [1.807, 2.05) is 11.9 Å². The summed E-state index contributed by atoms with van der Waals surface area (Å²) in [5, 5.41) is 0. The van der Waals surface area contributed by atoms with Crippen LogP contribution in [0.25, 0.3) is 21.6 Å². The van der Waals surface area contributed by atoms with Crippen LogP contribution >= 0.6 is 11.3 Å². The number of thiophene rings is 1. The second kappa shape index (κ2) is 9.16. The highest BCUT2D eigenvalue weighted by atomic mass is 32.1. The highest BCUT2D eigenvalue weighted by Gasteiger charge is 2.28. The Morgan fingerprint density at radius 3 is 2.73 bits per heavy atom. The van der Waals surface area contributed by atoms with Crippen LogP contribution in [0, 0.1) is 0 Å². The number of nitrogens with zero attached hydrogens (tertiary/aromatic N) is 7. The molecule has 1 atom stereocenters. The third-order valence-corrected chi connectivity index (χ3v) is 7.42. The van der Waals surface area contributed by atoms with Gasteiger partial charge >= 0.3 is 0 Å². The van der Waals surface area contributed by atoms with Crippen molar-refractivity contribution in [1.29, 1.82) is 0 Å². The average molecular weight is 469 g/mol. The molecule has 3 aromatic heterocycles. The number of nitrogen functional groups attached to an aromatic ring is 1. The van der Waals surface area contributed by atoms with Gasteiger partial charge < -0.3 is 20.3 Å². The van der Waals surface area contributed by atoms with E-state index in [0.717, 1.165) is 60.7 Å². The zero-order valence-electron chi connectivity index (χ0n) is 18.9. The monoisotopic (exact) mass is 468 g/mol. The number of amides is 1. The molecule has 5 rings (SSSR count). The van der Waals surface area contributed by atoms with Crippen LogP contribution in [0.3, 0.4) is 0 Å². The number of likely N-dealkylation sites (N-methyl/N-ethyl adjacent to an activating group) is 1. The van der Waals surface area contributed by atoms with Crippen LogP contribution in [-0.2, 0) is 16.1 Å². The van der Waals surface area contributed by atoms with E-state index in [0.29, 0.717) is 19.0 Å². The molecule has 174 valence electrons. The zero-order valence-corrected chi connectivity index (χ0v) is 19.7. The van der Waals surface area contributed by atoms with E-state index in [4.69, 9.17) is 20.4 Å².